The van der Waals surface area contributed by atoms with Crippen LogP contribution in [0.15, 0.2) is 12.4 Å². The average molecular weight is 209 g/mol. The lowest BCUT2D eigenvalue weighted by Crippen LogP contribution is -2.32. The van der Waals surface area contributed by atoms with Crippen molar-refractivity contribution in [1.82, 2.24) is 14.9 Å². The van der Waals surface area contributed by atoms with Crippen molar-refractivity contribution in [3.63, 3.8) is 0 Å². The van der Waals surface area contributed by atoms with Crippen molar-refractivity contribution in [3.8, 4) is 0 Å². The minimum atomic E-state index is 0.480. The molecule has 1 atom stereocenters. The van der Waals surface area contributed by atoms with E-state index >= 15 is 0 Å². The lowest BCUT2D eigenvalue weighted by Gasteiger charge is -2.20. The zero-order valence-corrected chi connectivity index (χ0v) is 10.3. The van der Waals surface area contributed by atoms with E-state index in [9.17, 15) is 0 Å². The molecular formula is C12H23N3. The van der Waals surface area contributed by atoms with Gasteiger partial charge in [0.2, 0.25) is 0 Å². The van der Waals surface area contributed by atoms with Gasteiger partial charge in [0.15, 0.2) is 0 Å². The summed E-state index contributed by atoms with van der Waals surface area (Å²) >= 11 is 0. The van der Waals surface area contributed by atoms with Crippen LogP contribution in [0.5, 0.6) is 0 Å². The number of imidazole rings is 1. The van der Waals surface area contributed by atoms with E-state index < -0.39 is 0 Å². The Labute approximate surface area is 92.9 Å². The number of hydrogen-bond donors (Lipinski definition) is 1. The van der Waals surface area contributed by atoms with Crippen LogP contribution in [0, 0.1) is 6.92 Å². The van der Waals surface area contributed by atoms with Gasteiger partial charge in [-0.05, 0) is 26.7 Å². The summed E-state index contributed by atoms with van der Waals surface area (Å²) < 4.78 is 2.22. The molecule has 0 bridgehead atoms. The van der Waals surface area contributed by atoms with E-state index in [1.54, 1.807) is 0 Å². The first-order valence-electron chi connectivity index (χ1n) is 5.91. The molecule has 15 heavy (non-hydrogen) atoms. The zero-order valence-electron chi connectivity index (χ0n) is 10.3. The molecule has 3 heteroatoms. The van der Waals surface area contributed by atoms with Crippen LogP contribution in [0.1, 0.15) is 45.5 Å². The van der Waals surface area contributed by atoms with Gasteiger partial charge in [0, 0.05) is 31.0 Å². The van der Waals surface area contributed by atoms with Crippen LogP contribution in [0.3, 0.4) is 0 Å². The van der Waals surface area contributed by atoms with Crippen LogP contribution in [-0.4, -0.2) is 22.1 Å². The van der Waals surface area contributed by atoms with Crippen molar-refractivity contribution < 1.29 is 0 Å². The normalized spacial score (nSPS) is 13.4. The lowest BCUT2D eigenvalue weighted by molar-refractivity contribution is 0.417. The Balaban J connectivity index is 2.42. The molecule has 1 heterocycles. The molecule has 0 aromatic carbocycles. The van der Waals surface area contributed by atoms with E-state index in [0.29, 0.717) is 12.1 Å². The monoisotopic (exact) mass is 209 g/mol. The Hall–Kier alpha value is -0.830. The third-order valence-corrected chi connectivity index (χ3v) is 3.02. The van der Waals surface area contributed by atoms with Crippen LogP contribution >= 0.6 is 0 Å². The molecule has 1 unspecified atom stereocenters. The molecule has 0 saturated carbocycles. The summed E-state index contributed by atoms with van der Waals surface area (Å²) in [4.78, 5) is 4.24. The maximum absolute atomic E-state index is 4.24. The average Bonchev–Trinajstić information content (AvgIpc) is 2.66. The van der Waals surface area contributed by atoms with Gasteiger partial charge >= 0.3 is 0 Å². The van der Waals surface area contributed by atoms with Gasteiger partial charge in [0.25, 0.3) is 0 Å². The van der Waals surface area contributed by atoms with Gasteiger partial charge in [0.05, 0.1) is 0 Å². The standard InChI is InChI=1S/C12H23N3/c1-5-12(6-2)14-9-10(3)15-8-7-13-11(15)4/h7-8,10,12,14H,5-6,9H2,1-4H3. The minimum absolute atomic E-state index is 0.480. The Morgan fingerprint density at radius 2 is 2.07 bits per heavy atom. The Morgan fingerprint density at radius 1 is 1.40 bits per heavy atom. The van der Waals surface area contributed by atoms with Gasteiger partial charge in [-0.2, -0.15) is 0 Å². The fourth-order valence-electron chi connectivity index (χ4n) is 1.87. The highest BCUT2D eigenvalue weighted by molar-refractivity contribution is 4.91. The first kappa shape index (κ1) is 12.2. The lowest BCUT2D eigenvalue weighted by atomic mass is 10.1. The van der Waals surface area contributed by atoms with Crippen molar-refractivity contribution in [2.75, 3.05) is 6.54 Å². The van der Waals surface area contributed by atoms with Gasteiger partial charge in [-0.25, -0.2) is 4.98 Å². The van der Waals surface area contributed by atoms with E-state index in [1.165, 1.54) is 12.8 Å². The molecule has 1 N–H and O–H groups in total. The van der Waals surface area contributed by atoms with Gasteiger partial charge in [-0.15, -0.1) is 0 Å². The molecule has 1 rings (SSSR count). The largest absolute Gasteiger partial charge is 0.331 e. The molecule has 0 saturated heterocycles. The smallest absolute Gasteiger partial charge is 0.105 e. The van der Waals surface area contributed by atoms with Crippen molar-refractivity contribution in [2.24, 2.45) is 0 Å². The predicted molar refractivity (Wildman–Crippen MR) is 64.0 cm³/mol. The summed E-state index contributed by atoms with van der Waals surface area (Å²) in [6.45, 7) is 9.75. The highest BCUT2D eigenvalue weighted by Crippen LogP contribution is 2.08. The van der Waals surface area contributed by atoms with Crippen molar-refractivity contribution in [2.45, 2.75) is 52.6 Å². The summed E-state index contributed by atoms with van der Waals surface area (Å²) in [6.07, 6.45) is 6.32. The van der Waals surface area contributed by atoms with Gasteiger partial charge in [-0.1, -0.05) is 13.8 Å². The Kier molecular flexibility index (Phi) is 4.82. The van der Waals surface area contributed by atoms with Gasteiger partial charge in [-0.3, -0.25) is 0 Å². The van der Waals surface area contributed by atoms with Gasteiger partial charge in [0.1, 0.15) is 5.82 Å². The van der Waals surface area contributed by atoms with E-state index in [0.717, 1.165) is 12.4 Å². The summed E-state index contributed by atoms with van der Waals surface area (Å²) in [5, 5.41) is 3.59. The molecule has 0 spiro atoms. The summed E-state index contributed by atoms with van der Waals surface area (Å²) in [7, 11) is 0. The number of nitrogens with zero attached hydrogens (tertiary/aromatic N) is 2. The number of hydrogen-bond acceptors (Lipinski definition) is 2. The molecule has 3 nitrogen and oxygen atoms in total. The Morgan fingerprint density at radius 3 is 2.53 bits per heavy atom. The third-order valence-electron chi connectivity index (χ3n) is 3.02. The minimum Gasteiger partial charge on any atom is -0.331 e. The molecule has 0 fully saturated rings. The van der Waals surface area contributed by atoms with Crippen molar-refractivity contribution >= 4 is 0 Å². The van der Waals surface area contributed by atoms with Crippen LogP contribution < -0.4 is 5.32 Å². The summed E-state index contributed by atoms with van der Waals surface area (Å²) in [5.74, 6) is 1.09. The quantitative estimate of drug-likeness (QED) is 0.780. The van der Waals surface area contributed by atoms with E-state index in [4.69, 9.17) is 0 Å². The zero-order chi connectivity index (χ0) is 11.3. The summed E-state index contributed by atoms with van der Waals surface area (Å²) in [5.41, 5.74) is 0. The van der Waals surface area contributed by atoms with Crippen LogP contribution in [0.25, 0.3) is 0 Å². The highest BCUT2D eigenvalue weighted by Gasteiger charge is 2.09. The maximum atomic E-state index is 4.24. The molecule has 0 aliphatic rings. The van der Waals surface area contributed by atoms with E-state index in [1.807, 2.05) is 13.1 Å². The highest BCUT2D eigenvalue weighted by atomic mass is 15.1. The first-order valence-corrected chi connectivity index (χ1v) is 5.91. The van der Waals surface area contributed by atoms with Crippen molar-refractivity contribution in [3.05, 3.63) is 18.2 Å². The number of aryl methyl sites for hydroxylation is 1. The summed E-state index contributed by atoms with van der Waals surface area (Å²) in [6, 6.07) is 1.13. The van der Waals surface area contributed by atoms with E-state index in [-0.39, 0.29) is 0 Å². The van der Waals surface area contributed by atoms with Gasteiger partial charge < -0.3 is 9.88 Å². The van der Waals surface area contributed by atoms with Crippen LogP contribution in [0.4, 0.5) is 0 Å². The van der Waals surface area contributed by atoms with Crippen LogP contribution in [0.2, 0.25) is 0 Å². The number of aromatic nitrogens is 2. The SMILES string of the molecule is CCC(CC)NCC(C)n1ccnc1C. The van der Waals surface area contributed by atoms with Crippen LogP contribution in [-0.2, 0) is 0 Å². The van der Waals surface area contributed by atoms with Crippen molar-refractivity contribution in [1.29, 1.82) is 0 Å². The maximum Gasteiger partial charge on any atom is 0.105 e. The third kappa shape index (κ3) is 3.34. The molecule has 0 radical (unpaired) electrons. The number of nitrogens with one attached hydrogen (secondary N) is 1. The second kappa shape index (κ2) is 5.91. The molecule has 0 amide bonds. The fourth-order valence-corrected chi connectivity index (χ4v) is 1.87. The second-order valence-corrected chi connectivity index (χ2v) is 4.15. The molecule has 1 aromatic rings. The first-order chi connectivity index (χ1) is 7.19. The topological polar surface area (TPSA) is 29.9 Å². The molecule has 0 aliphatic carbocycles. The molecule has 0 aliphatic heterocycles. The molecule has 1 aromatic heterocycles. The molecule has 86 valence electrons. The predicted octanol–water partition coefficient (Wildman–Crippen LogP) is 2.53. The Bertz CT molecular complexity index is 276. The molecular weight excluding hydrogens is 186 g/mol. The fraction of sp³-hybridized carbons (Fsp3) is 0.750. The second-order valence-electron chi connectivity index (χ2n) is 4.15. The van der Waals surface area contributed by atoms with E-state index in [2.05, 4.69) is 41.8 Å². The number of rotatable bonds is 6.